The van der Waals surface area contributed by atoms with Crippen molar-refractivity contribution in [1.82, 2.24) is 0 Å². The van der Waals surface area contributed by atoms with Gasteiger partial charge in [-0.1, -0.05) is 52.5 Å². The van der Waals surface area contributed by atoms with Crippen molar-refractivity contribution in [2.75, 3.05) is 6.61 Å². The monoisotopic (exact) mass is 406 g/mol. The standard InChI is InChI=1S/C25H42O4/c1-7-20(24(5)17-12-16-23(3,4)22(24)27)25(6,18-15-21(26)28-8-2)29-19-13-10-9-11-14-19/h7,19-20H,1,8-18H2,2-6H3/t20-,24-,25-/m1/s1. The van der Waals surface area contributed by atoms with Gasteiger partial charge in [0.25, 0.3) is 0 Å². The largest absolute Gasteiger partial charge is 0.466 e. The Morgan fingerprint density at radius 1 is 1.21 bits per heavy atom. The molecule has 0 N–H and O–H groups in total. The van der Waals surface area contributed by atoms with E-state index in [9.17, 15) is 9.59 Å². The second-order valence-electron chi connectivity index (χ2n) is 10.2. The molecule has 2 fully saturated rings. The molecule has 0 bridgehead atoms. The van der Waals surface area contributed by atoms with Crippen LogP contribution < -0.4 is 0 Å². The summed E-state index contributed by atoms with van der Waals surface area (Å²) in [6.07, 6.45) is 11.5. The van der Waals surface area contributed by atoms with Crippen LogP contribution >= 0.6 is 0 Å². The van der Waals surface area contributed by atoms with E-state index in [1.165, 1.54) is 19.3 Å². The first-order valence-electron chi connectivity index (χ1n) is 11.6. The van der Waals surface area contributed by atoms with Crippen molar-refractivity contribution in [3.05, 3.63) is 12.7 Å². The molecule has 2 rings (SSSR count). The van der Waals surface area contributed by atoms with Gasteiger partial charge in [-0.25, -0.2) is 0 Å². The lowest BCUT2D eigenvalue weighted by molar-refractivity contribution is -0.171. The second-order valence-corrected chi connectivity index (χ2v) is 10.2. The summed E-state index contributed by atoms with van der Waals surface area (Å²) in [7, 11) is 0. The highest BCUT2D eigenvalue weighted by Gasteiger charge is 2.54. The van der Waals surface area contributed by atoms with Crippen molar-refractivity contribution in [2.24, 2.45) is 16.7 Å². The van der Waals surface area contributed by atoms with Crippen LogP contribution in [0.2, 0.25) is 0 Å². The number of carbonyl (C=O) groups excluding carboxylic acids is 2. The Labute approximate surface area is 177 Å². The molecule has 0 aromatic heterocycles. The number of esters is 1. The Morgan fingerprint density at radius 3 is 2.45 bits per heavy atom. The van der Waals surface area contributed by atoms with E-state index in [1.54, 1.807) is 0 Å². The highest BCUT2D eigenvalue weighted by Crippen LogP contribution is 2.52. The van der Waals surface area contributed by atoms with E-state index in [4.69, 9.17) is 9.47 Å². The van der Waals surface area contributed by atoms with Gasteiger partial charge in [-0.3, -0.25) is 9.59 Å². The Kier molecular flexibility index (Phi) is 8.12. The molecule has 0 unspecified atom stereocenters. The van der Waals surface area contributed by atoms with Gasteiger partial charge in [0.15, 0.2) is 0 Å². The zero-order valence-electron chi connectivity index (χ0n) is 19.4. The van der Waals surface area contributed by atoms with Crippen molar-refractivity contribution in [3.63, 3.8) is 0 Å². The first-order valence-corrected chi connectivity index (χ1v) is 11.6. The minimum atomic E-state index is -0.617. The zero-order valence-corrected chi connectivity index (χ0v) is 19.4. The number of ether oxygens (including phenoxy) is 2. The summed E-state index contributed by atoms with van der Waals surface area (Å²) in [5.74, 6) is -0.0385. The van der Waals surface area contributed by atoms with Gasteiger partial charge in [-0.15, -0.1) is 6.58 Å². The SMILES string of the molecule is C=C[C@@H]([C@@](C)(CCC(=O)OCC)OC1CCCCC1)[C@@]1(C)CCCC(C)(C)C1=O. The van der Waals surface area contributed by atoms with E-state index >= 15 is 0 Å². The highest BCUT2D eigenvalue weighted by atomic mass is 16.5. The van der Waals surface area contributed by atoms with Crippen LogP contribution in [0.15, 0.2) is 12.7 Å². The second kappa shape index (κ2) is 9.76. The fourth-order valence-electron chi connectivity index (χ4n) is 5.81. The topological polar surface area (TPSA) is 52.6 Å². The molecule has 0 aliphatic heterocycles. The van der Waals surface area contributed by atoms with Crippen molar-refractivity contribution < 1.29 is 19.1 Å². The van der Waals surface area contributed by atoms with Gasteiger partial charge in [-0.05, 0) is 46.0 Å². The number of hydrogen-bond donors (Lipinski definition) is 0. The summed E-state index contributed by atoms with van der Waals surface area (Å²) >= 11 is 0. The average Bonchev–Trinajstić information content (AvgIpc) is 2.66. The number of Topliss-reactive ketones (excluding diaryl/α,β-unsaturated/α-hetero) is 1. The number of hydrogen-bond acceptors (Lipinski definition) is 4. The van der Waals surface area contributed by atoms with E-state index in [0.29, 0.717) is 25.2 Å². The van der Waals surface area contributed by atoms with Crippen molar-refractivity contribution in [1.29, 1.82) is 0 Å². The first kappa shape index (κ1) is 24.1. The predicted molar refractivity (Wildman–Crippen MR) is 117 cm³/mol. The van der Waals surface area contributed by atoms with E-state index in [-0.39, 0.29) is 23.4 Å². The van der Waals surface area contributed by atoms with Crippen molar-refractivity contribution >= 4 is 11.8 Å². The molecule has 166 valence electrons. The van der Waals surface area contributed by atoms with Crippen LogP contribution in [0.25, 0.3) is 0 Å². The number of ketones is 1. The van der Waals surface area contributed by atoms with Crippen LogP contribution in [0.5, 0.6) is 0 Å². The normalized spacial score (nSPS) is 28.4. The fraction of sp³-hybridized carbons (Fsp3) is 0.840. The molecule has 4 nitrogen and oxygen atoms in total. The third kappa shape index (κ3) is 5.51. The average molecular weight is 407 g/mol. The van der Waals surface area contributed by atoms with E-state index in [0.717, 1.165) is 32.1 Å². The van der Waals surface area contributed by atoms with Crippen LogP contribution in [-0.2, 0) is 19.1 Å². The van der Waals surface area contributed by atoms with Crippen LogP contribution in [0.1, 0.15) is 98.8 Å². The first-order chi connectivity index (χ1) is 13.6. The molecule has 0 aromatic rings. The van der Waals surface area contributed by atoms with Crippen LogP contribution in [0.4, 0.5) is 0 Å². The molecule has 2 aliphatic carbocycles. The molecule has 2 saturated carbocycles. The van der Waals surface area contributed by atoms with Crippen molar-refractivity contribution in [3.8, 4) is 0 Å². The molecule has 0 spiro atoms. The number of carbonyl (C=O) groups is 2. The van der Waals surface area contributed by atoms with Gasteiger partial charge in [0, 0.05) is 23.2 Å². The summed E-state index contributed by atoms with van der Waals surface area (Å²) in [6.45, 7) is 14.7. The minimum Gasteiger partial charge on any atom is -0.466 e. The maximum Gasteiger partial charge on any atom is 0.305 e. The third-order valence-corrected chi connectivity index (χ3v) is 7.33. The van der Waals surface area contributed by atoms with Crippen LogP contribution in [0.3, 0.4) is 0 Å². The molecule has 3 atom stereocenters. The Bertz CT molecular complexity index is 590. The molecule has 0 amide bonds. The molecular formula is C25H42O4. The molecule has 2 aliphatic rings. The molecule has 29 heavy (non-hydrogen) atoms. The van der Waals surface area contributed by atoms with Gasteiger partial charge in [0.1, 0.15) is 5.78 Å². The van der Waals surface area contributed by atoms with Crippen LogP contribution in [0, 0.1) is 16.7 Å². The molecule has 0 radical (unpaired) electrons. The smallest absolute Gasteiger partial charge is 0.305 e. The summed E-state index contributed by atoms with van der Waals surface area (Å²) in [6, 6.07) is 0. The van der Waals surface area contributed by atoms with E-state index in [2.05, 4.69) is 34.3 Å². The fourth-order valence-corrected chi connectivity index (χ4v) is 5.81. The van der Waals surface area contributed by atoms with Crippen LogP contribution in [-0.4, -0.2) is 30.1 Å². The van der Waals surface area contributed by atoms with Gasteiger partial charge in [0.05, 0.1) is 18.3 Å². The third-order valence-electron chi connectivity index (χ3n) is 7.33. The van der Waals surface area contributed by atoms with Gasteiger partial charge < -0.3 is 9.47 Å². The quantitative estimate of drug-likeness (QED) is 0.347. The predicted octanol–water partition coefficient (Wildman–Crippen LogP) is 6.03. The van der Waals surface area contributed by atoms with Crippen molar-refractivity contribution in [2.45, 2.75) is 111 Å². The number of rotatable bonds is 9. The Balaban J connectivity index is 2.33. The molecular weight excluding hydrogens is 364 g/mol. The maximum atomic E-state index is 13.6. The van der Waals surface area contributed by atoms with Gasteiger partial charge in [0.2, 0.25) is 0 Å². The lowest BCUT2D eigenvalue weighted by Gasteiger charge is -2.51. The summed E-state index contributed by atoms with van der Waals surface area (Å²) in [5.41, 5.74) is -1.48. The lowest BCUT2D eigenvalue weighted by Crippen LogP contribution is -2.55. The maximum absolute atomic E-state index is 13.6. The molecule has 0 aromatic carbocycles. The lowest BCUT2D eigenvalue weighted by atomic mass is 9.55. The minimum absolute atomic E-state index is 0.140. The summed E-state index contributed by atoms with van der Waals surface area (Å²) in [4.78, 5) is 25.7. The zero-order chi connectivity index (χ0) is 21.7. The summed E-state index contributed by atoms with van der Waals surface area (Å²) < 4.78 is 11.9. The van der Waals surface area contributed by atoms with E-state index < -0.39 is 11.0 Å². The van der Waals surface area contributed by atoms with E-state index in [1.807, 2.05) is 13.0 Å². The highest BCUT2D eigenvalue weighted by molar-refractivity contribution is 5.90. The Morgan fingerprint density at radius 2 is 1.86 bits per heavy atom. The van der Waals surface area contributed by atoms with Gasteiger partial charge >= 0.3 is 5.97 Å². The molecule has 4 heteroatoms. The Hall–Kier alpha value is -1.16. The molecule has 0 heterocycles. The van der Waals surface area contributed by atoms with Gasteiger partial charge in [-0.2, -0.15) is 0 Å². The summed E-state index contributed by atoms with van der Waals surface area (Å²) in [5, 5.41) is 0. The molecule has 0 saturated heterocycles.